The van der Waals surface area contributed by atoms with Gasteiger partial charge in [-0.05, 0) is 55.2 Å². The van der Waals surface area contributed by atoms with Crippen LogP contribution in [0.25, 0.3) is 0 Å². The lowest BCUT2D eigenvalue weighted by molar-refractivity contribution is 0.550. The molecular weight excluding hydrogens is 452 g/mol. The van der Waals surface area contributed by atoms with Crippen LogP contribution in [0.1, 0.15) is 37.8 Å². The number of benzene rings is 2. The minimum absolute atomic E-state index is 0.0461. The quantitative estimate of drug-likeness (QED) is 0.616. The number of hydrogen-bond donors (Lipinski definition) is 2. The smallest absolute Gasteiger partial charge is 0.208 e. The lowest BCUT2D eigenvalue weighted by atomic mass is 10.1. The molecule has 2 N–H and O–H groups in total. The van der Waals surface area contributed by atoms with Crippen LogP contribution in [-0.2, 0) is 20.0 Å². The fraction of sp³-hybridized carbons (Fsp3) is 0.333. The van der Waals surface area contributed by atoms with E-state index in [2.05, 4.69) is 25.4 Å². The molecule has 0 heterocycles. The highest BCUT2D eigenvalue weighted by Gasteiger charge is 2.29. The van der Waals surface area contributed by atoms with Crippen molar-refractivity contribution in [1.82, 2.24) is 9.44 Å². The Balaban J connectivity index is 1.85. The maximum atomic E-state index is 12.8. The Morgan fingerprint density at radius 2 is 1.59 bits per heavy atom. The van der Waals surface area contributed by atoms with E-state index in [9.17, 15) is 16.8 Å². The Hall–Kier alpha value is -1.26. The molecule has 6 nitrogen and oxygen atoms in total. The van der Waals surface area contributed by atoms with Gasteiger partial charge >= 0.3 is 0 Å². The first kappa shape index (κ1) is 20.5. The molecule has 2 aromatic carbocycles. The highest BCUT2D eigenvalue weighted by Crippen LogP contribution is 2.25. The van der Waals surface area contributed by atoms with Crippen LogP contribution >= 0.6 is 15.9 Å². The summed E-state index contributed by atoms with van der Waals surface area (Å²) in [4.78, 5) is -0.120. The molecule has 1 aliphatic carbocycles. The highest BCUT2D eigenvalue weighted by molar-refractivity contribution is 9.10. The molecule has 0 spiro atoms. The van der Waals surface area contributed by atoms with Gasteiger partial charge in [-0.15, -0.1) is 0 Å². The maximum absolute atomic E-state index is 12.8. The topological polar surface area (TPSA) is 92.3 Å². The molecule has 27 heavy (non-hydrogen) atoms. The van der Waals surface area contributed by atoms with E-state index in [-0.39, 0.29) is 15.8 Å². The largest absolute Gasteiger partial charge is 0.241 e. The van der Waals surface area contributed by atoms with E-state index >= 15 is 0 Å². The maximum Gasteiger partial charge on any atom is 0.241 e. The first-order valence-corrected chi connectivity index (χ1v) is 12.4. The van der Waals surface area contributed by atoms with Gasteiger partial charge in [-0.1, -0.05) is 41.1 Å². The van der Waals surface area contributed by atoms with Crippen molar-refractivity contribution in [2.45, 2.75) is 48.1 Å². The third-order valence-corrected chi connectivity index (χ3v) is 7.82. The minimum atomic E-state index is -3.88. The van der Waals surface area contributed by atoms with Crippen LogP contribution in [0.5, 0.6) is 0 Å². The Labute approximate surface area is 168 Å². The molecule has 146 valence electrons. The van der Waals surface area contributed by atoms with Crippen LogP contribution in [0, 0.1) is 0 Å². The van der Waals surface area contributed by atoms with Crippen molar-refractivity contribution in [2.24, 2.45) is 0 Å². The summed E-state index contributed by atoms with van der Waals surface area (Å²) in [7, 11) is -7.60. The molecular formula is C18H21BrN2O4S2. The van der Waals surface area contributed by atoms with Gasteiger partial charge in [0.1, 0.15) is 0 Å². The minimum Gasteiger partial charge on any atom is -0.208 e. The van der Waals surface area contributed by atoms with Crippen molar-refractivity contribution < 1.29 is 16.8 Å². The van der Waals surface area contributed by atoms with Crippen molar-refractivity contribution >= 4 is 36.0 Å². The van der Waals surface area contributed by atoms with E-state index in [1.807, 2.05) is 31.2 Å². The van der Waals surface area contributed by atoms with Gasteiger partial charge in [0.15, 0.2) is 0 Å². The zero-order valence-corrected chi connectivity index (χ0v) is 17.9. The molecule has 9 heteroatoms. The molecule has 1 atom stereocenters. The average Bonchev–Trinajstić information content (AvgIpc) is 3.44. The summed E-state index contributed by atoms with van der Waals surface area (Å²) < 4.78 is 56.5. The first-order valence-electron chi connectivity index (χ1n) is 8.61. The predicted octanol–water partition coefficient (Wildman–Crippen LogP) is 3.32. The lowest BCUT2D eigenvalue weighted by Crippen LogP contribution is -2.29. The average molecular weight is 473 g/mol. The number of sulfonamides is 2. The summed E-state index contributed by atoms with van der Waals surface area (Å²) in [6.45, 7) is 1.88. The van der Waals surface area contributed by atoms with Crippen LogP contribution in [0.4, 0.5) is 0 Å². The van der Waals surface area contributed by atoms with Gasteiger partial charge in [0.2, 0.25) is 20.0 Å². The lowest BCUT2D eigenvalue weighted by Gasteiger charge is -2.18. The van der Waals surface area contributed by atoms with E-state index in [0.717, 1.165) is 22.9 Å². The van der Waals surface area contributed by atoms with Crippen LogP contribution in [0.15, 0.2) is 62.8 Å². The van der Waals surface area contributed by atoms with Gasteiger partial charge in [0, 0.05) is 16.6 Å². The second-order valence-electron chi connectivity index (χ2n) is 6.50. The standard InChI is InChI=1S/C18H21BrN2O4S2/c1-2-18(13-6-8-14(19)9-7-13)21-27(24,25)17-5-3-4-16(12-17)26(22,23)20-15-10-11-15/h3-9,12,15,18,20-21H,2,10-11H2,1H3. The van der Waals surface area contributed by atoms with Crippen molar-refractivity contribution in [3.63, 3.8) is 0 Å². The molecule has 0 aromatic heterocycles. The van der Waals surface area contributed by atoms with E-state index < -0.39 is 26.1 Å². The van der Waals surface area contributed by atoms with Gasteiger partial charge in [0.05, 0.1) is 9.79 Å². The summed E-state index contributed by atoms with van der Waals surface area (Å²) in [5, 5.41) is 0. The second-order valence-corrected chi connectivity index (χ2v) is 10.8. The van der Waals surface area contributed by atoms with Crippen LogP contribution in [-0.4, -0.2) is 22.9 Å². The molecule has 2 aromatic rings. The van der Waals surface area contributed by atoms with Crippen LogP contribution < -0.4 is 9.44 Å². The van der Waals surface area contributed by atoms with E-state index in [0.29, 0.717) is 6.42 Å². The zero-order valence-electron chi connectivity index (χ0n) is 14.7. The number of nitrogens with one attached hydrogen (secondary N) is 2. The summed E-state index contributed by atoms with van der Waals surface area (Å²) in [6, 6.07) is 12.4. The molecule has 0 aliphatic heterocycles. The third-order valence-electron chi connectivity index (χ3n) is 4.30. The van der Waals surface area contributed by atoms with E-state index in [1.165, 1.54) is 24.3 Å². The first-order chi connectivity index (χ1) is 12.7. The van der Waals surface area contributed by atoms with Crippen molar-refractivity contribution in [1.29, 1.82) is 0 Å². The number of halogens is 1. The Morgan fingerprint density at radius 1 is 1.00 bits per heavy atom. The number of hydrogen-bond acceptors (Lipinski definition) is 4. The van der Waals surface area contributed by atoms with Gasteiger partial charge in [-0.3, -0.25) is 0 Å². The molecule has 1 fully saturated rings. The molecule has 0 amide bonds. The predicted molar refractivity (Wildman–Crippen MR) is 107 cm³/mol. The molecule has 1 saturated carbocycles. The van der Waals surface area contributed by atoms with Crippen molar-refractivity contribution in [3.05, 3.63) is 58.6 Å². The monoisotopic (exact) mass is 472 g/mol. The van der Waals surface area contributed by atoms with Gasteiger partial charge < -0.3 is 0 Å². The highest BCUT2D eigenvalue weighted by atomic mass is 79.9. The van der Waals surface area contributed by atoms with Gasteiger partial charge in [-0.2, -0.15) is 0 Å². The van der Waals surface area contributed by atoms with Gasteiger partial charge in [0.25, 0.3) is 0 Å². The Kier molecular flexibility index (Phi) is 6.07. The molecule has 0 radical (unpaired) electrons. The normalized spacial score (nSPS) is 16.2. The summed E-state index contributed by atoms with van der Waals surface area (Å²) >= 11 is 3.36. The van der Waals surface area contributed by atoms with Gasteiger partial charge in [-0.25, -0.2) is 26.3 Å². The molecule has 0 saturated heterocycles. The van der Waals surface area contributed by atoms with Crippen LogP contribution in [0.3, 0.4) is 0 Å². The summed E-state index contributed by atoms with van der Waals surface area (Å²) in [5.74, 6) is 0. The fourth-order valence-corrected chi connectivity index (χ4v) is 5.68. The van der Waals surface area contributed by atoms with Crippen molar-refractivity contribution in [2.75, 3.05) is 0 Å². The van der Waals surface area contributed by atoms with E-state index in [4.69, 9.17) is 0 Å². The summed E-state index contributed by atoms with van der Waals surface area (Å²) in [5.41, 5.74) is 0.837. The van der Waals surface area contributed by atoms with Crippen molar-refractivity contribution in [3.8, 4) is 0 Å². The SMILES string of the molecule is CCC(NS(=O)(=O)c1cccc(S(=O)(=O)NC2CC2)c1)c1ccc(Br)cc1. The molecule has 1 unspecified atom stereocenters. The Bertz CT molecular complexity index is 1020. The summed E-state index contributed by atoms with van der Waals surface area (Å²) in [6.07, 6.45) is 2.18. The molecule has 1 aliphatic rings. The third kappa shape index (κ3) is 5.17. The second kappa shape index (κ2) is 8.00. The fourth-order valence-electron chi connectivity index (χ4n) is 2.63. The molecule has 3 rings (SSSR count). The zero-order chi connectivity index (χ0) is 19.7. The molecule has 0 bridgehead atoms. The Morgan fingerprint density at radius 3 is 2.15 bits per heavy atom. The number of rotatable bonds is 8. The van der Waals surface area contributed by atoms with E-state index in [1.54, 1.807) is 0 Å². The van der Waals surface area contributed by atoms with Crippen LogP contribution in [0.2, 0.25) is 0 Å².